The molecular formula is C15H28N2O2. The van der Waals surface area contributed by atoms with Crippen molar-refractivity contribution < 1.29 is 9.53 Å². The summed E-state index contributed by atoms with van der Waals surface area (Å²) >= 11 is 0. The molecule has 0 radical (unpaired) electrons. The van der Waals surface area contributed by atoms with Crippen molar-refractivity contribution in [2.45, 2.75) is 51.6 Å². The van der Waals surface area contributed by atoms with Crippen LogP contribution in [0.4, 0.5) is 0 Å². The highest BCUT2D eigenvalue weighted by molar-refractivity contribution is 5.76. The van der Waals surface area contributed by atoms with Crippen molar-refractivity contribution in [3.05, 3.63) is 0 Å². The van der Waals surface area contributed by atoms with Crippen LogP contribution in [0.2, 0.25) is 0 Å². The molecule has 19 heavy (non-hydrogen) atoms. The number of amides is 1. The summed E-state index contributed by atoms with van der Waals surface area (Å²) in [5.41, 5.74) is 0. The van der Waals surface area contributed by atoms with Gasteiger partial charge in [0.1, 0.15) is 0 Å². The molecule has 2 unspecified atom stereocenters. The Balaban J connectivity index is 1.69. The Morgan fingerprint density at radius 1 is 1.37 bits per heavy atom. The lowest BCUT2D eigenvalue weighted by Gasteiger charge is -2.26. The van der Waals surface area contributed by atoms with Crippen LogP contribution >= 0.6 is 0 Å². The van der Waals surface area contributed by atoms with Crippen LogP contribution in [0.3, 0.4) is 0 Å². The van der Waals surface area contributed by atoms with Crippen molar-refractivity contribution in [3.8, 4) is 0 Å². The second-order valence-corrected chi connectivity index (χ2v) is 5.82. The molecule has 2 heterocycles. The van der Waals surface area contributed by atoms with Crippen molar-refractivity contribution in [2.75, 3.05) is 32.8 Å². The van der Waals surface area contributed by atoms with E-state index in [1.54, 1.807) is 0 Å². The van der Waals surface area contributed by atoms with Gasteiger partial charge in [0, 0.05) is 26.1 Å². The van der Waals surface area contributed by atoms with Gasteiger partial charge in [-0.05, 0) is 58.0 Å². The van der Waals surface area contributed by atoms with E-state index in [-0.39, 0.29) is 6.10 Å². The van der Waals surface area contributed by atoms with Crippen LogP contribution in [0.25, 0.3) is 0 Å². The molecule has 0 aromatic carbocycles. The van der Waals surface area contributed by atoms with Crippen molar-refractivity contribution in [1.29, 1.82) is 0 Å². The average molecular weight is 268 g/mol. The predicted octanol–water partition coefficient (Wildman–Crippen LogP) is 1.79. The van der Waals surface area contributed by atoms with E-state index in [4.69, 9.17) is 4.74 Å². The van der Waals surface area contributed by atoms with Gasteiger partial charge < -0.3 is 15.0 Å². The van der Waals surface area contributed by atoms with E-state index in [1.807, 2.05) is 4.90 Å². The summed E-state index contributed by atoms with van der Waals surface area (Å²) in [7, 11) is 0. The smallest absolute Gasteiger partial charge is 0.222 e. The number of nitrogens with zero attached hydrogens (tertiary/aromatic N) is 1. The number of rotatable bonds is 6. The van der Waals surface area contributed by atoms with Crippen molar-refractivity contribution in [2.24, 2.45) is 5.92 Å². The summed E-state index contributed by atoms with van der Waals surface area (Å²) in [6.45, 7) is 6.76. The zero-order valence-electron chi connectivity index (χ0n) is 12.2. The summed E-state index contributed by atoms with van der Waals surface area (Å²) in [4.78, 5) is 14.2. The van der Waals surface area contributed by atoms with Gasteiger partial charge >= 0.3 is 0 Å². The molecule has 0 bridgehead atoms. The standard InChI is InChI=1S/C15H28N2O2/c1-2-17(12-14-6-4-10-19-14)15(18)8-7-13-5-3-9-16-11-13/h13-14,16H,2-12H2,1H3. The van der Waals surface area contributed by atoms with E-state index in [2.05, 4.69) is 12.2 Å². The van der Waals surface area contributed by atoms with Crippen LogP contribution in [0.5, 0.6) is 0 Å². The fourth-order valence-electron chi connectivity index (χ4n) is 3.10. The van der Waals surface area contributed by atoms with Gasteiger partial charge in [0.2, 0.25) is 5.91 Å². The van der Waals surface area contributed by atoms with Gasteiger partial charge in [-0.15, -0.1) is 0 Å². The summed E-state index contributed by atoms with van der Waals surface area (Å²) in [6, 6.07) is 0. The number of hydrogen-bond acceptors (Lipinski definition) is 3. The van der Waals surface area contributed by atoms with Gasteiger partial charge in [0.05, 0.1) is 6.10 Å². The second kappa shape index (κ2) is 7.85. The highest BCUT2D eigenvalue weighted by Crippen LogP contribution is 2.18. The Labute approximate surface area is 116 Å². The molecule has 0 aromatic rings. The normalized spacial score (nSPS) is 27.4. The molecule has 2 saturated heterocycles. The Morgan fingerprint density at radius 2 is 2.26 bits per heavy atom. The molecule has 2 aliphatic rings. The van der Waals surface area contributed by atoms with Gasteiger partial charge in [0.15, 0.2) is 0 Å². The summed E-state index contributed by atoms with van der Waals surface area (Å²) in [6.07, 6.45) is 6.80. The fraction of sp³-hybridized carbons (Fsp3) is 0.933. The third kappa shape index (κ3) is 4.77. The number of carbonyl (C=O) groups excluding carboxylic acids is 1. The first-order valence-electron chi connectivity index (χ1n) is 7.89. The minimum Gasteiger partial charge on any atom is -0.376 e. The Kier molecular flexibility index (Phi) is 6.11. The van der Waals surface area contributed by atoms with E-state index < -0.39 is 0 Å². The molecule has 0 aliphatic carbocycles. The van der Waals surface area contributed by atoms with Crippen molar-refractivity contribution in [3.63, 3.8) is 0 Å². The van der Waals surface area contributed by atoms with Crippen LogP contribution in [0, 0.1) is 5.92 Å². The van der Waals surface area contributed by atoms with Crippen molar-refractivity contribution in [1.82, 2.24) is 10.2 Å². The topological polar surface area (TPSA) is 41.6 Å². The maximum atomic E-state index is 12.3. The molecule has 1 N–H and O–H groups in total. The third-order valence-electron chi connectivity index (χ3n) is 4.35. The van der Waals surface area contributed by atoms with Gasteiger partial charge in [-0.3, -0.25) is 4.79 Å². The molecule has 2 atom stereocenters. The number of hydrogen-bond donors (Lipinski definition) is 1. The predicted molar refractivity (Wildman–Crippen MR) is 76.1 cm³/mol. The Morgan fingerprint density at radius 3 is 2.89 bits per heavy atom. The SMILES string of the molecule is CCN(CC1CCCO1)C(=O)CCC1CCCNC1. The van der Waals surface area contributed by atoms with E-state index in [0.29, 0.717) is 18.2 Å². The van der Waals surface area contributed by atoms with E-state index in [9.17, 15) is 4.79 Å². The first-order chi connectivity index (χ1) is 9.29. The van der Waals surface area contributed by atoms with Crippen LogP contribution in [0.15, 0.2) is 0 Å². The molecule has 2 rings (SSSR count). The highest BCUT2D eigenvalue weighted by atomic mass is 16.5. The summed E-state index contributed by atoms with van der Waals surface area (Å²) in [5.74, 6) is 1.00. The molecule has 2 fully saturated rings. The molecule has 0 saturated carbocycles. The van der Waals surface area contributed by atoms with Gasteiger partial charge in [-0.2, -0.15) is 0 Å². The average Bonchev–Trinajstić information content (AvgIpc) is 2.96. The zero-order chi connectivity index (χ0) is 13.5. The largest absolute Gasteiger partial charge is 0.376 e. The number of carbonyl (C=O) groups is 1. The quantitative estimate of drug-likeness (QED) is 0.798. The van der Waals surface area contributed by atoms with Crippen molar-refractivity contribution >= 4 is 5.91 Å². The maximum absolute atomic E-state index is 12.3. The Hall–Kier alpha value is -0.610. The number of ether oxygens (including phenoxy) is 1. The van der Waals surface area contributed by atoms with E-state index in [0.717, 1.165) is 52.0 Å². The molecule has 1 amide bonds. The fourth-order valence-corrected chi connectivity index (χ4v) is 3.10. The molecule has 0 aromatic heterocycles. The summed E-state index contributed by atoms with van der Waals surface area (Å²) < 4.78 is 5.63. The first-order valence-corrected chi connectivity index (χ1v) is 7.89. The molecule has 4 heteroatoms. The minimum atomic E-state index is 0.278. The number of piperidine rings is 1. The lowest BCUT2D eigenvalue weighted by atomic mass is 9.94. The van der Waals surface area contributed by atoms with E-state index >= 15 is 0 Å². The molecule has 2 aliphatic heterocycles. The minimum absolute atomic E-state index is 0.278. The van der Waals surface area contributed by atoms with Gasteiger partial charge in [-0.1, -0.05) is 0 Å². The first kappa shape index (κ1) is 14.8. The van der Waals surface area contributed by atoms with Gasteiger partial charge in [0.25, 0.3) is 0 Å². The zero-order valence-corrected chi connectivity index (χ0v) is 12.2. The lowest BCUT2D eigenvalue weighted by molar-refractivity contribution is -0.132. The van der Waals surface area contributed by atoms with Gasteiger partial charge in [-0.25, -0.2) is 0 Å². The van der Waals surface area contributed by atoms with Crippen LogP contribution in [0.1, 0.15) is 45.4 Å². The maximum Gasteiger partial charge on any atom is 0.222 e. The Bertz CT molecular complexity index is 271. The number of likely N-dealkylation sites (N-methyl/N-ethyl adjacent to an activating group) is 1. The molecule has 0 spiro atoms. The second-order valence-electron chi connectivity index (χ2n) is 5.82. The highest BCUT2D eigenvalue weighted by Gasteiger charge is 2.22. The molecular weight excluding hydrogens is 240 g/mol. The van der Waals surface area contributed by atoms with E-state index in [1.165, 1.54) is 12.8 Å². The monoisotopic (exact) mass is 268 g/mol. The van der Waals surface area contributed by atoms with Crippen LogP contribution < -0.4 is 5.32 Å². The lowest BCUT2D eigenvalue weighted by Crippen LogP contribution is -2.38. The number of nitrogens with one attached hydrogen (secondary N) is 1. The third-order valence-corrected chi connectivity index (χ3v) is 4.35. The molecule has 110 valence electrons. The summed E-state index contributed by atoms with van der Waals surface area (Å²) in [5, 5.41) is 3.42. The van der Waals surface area contributed by atoms with Crippen LogP contribution in [-0.4, -0.2) is 49.7 Å². The van der Waals surface area contributed by atoms with Crippen LogP contribution in [-0.2, 0) is 9.53 Å². The molecule has 4 nitrogen and oxygen atoms in total.